The first-order chi connectivity index (χ1) is 12.7. The Morgan fingerprint density at radius 2 is 2.04 bits per heavy atom. The number of carbonyl (C=O) groups is 2. The zero-order valence-electron chi connectivity index (χ0n) is 15.6. The molecule has 0 spiro atoms. The molecule has 5 heteroatoms. The van der Waals surface area contributed by atoms with Gasteiger partial charge in [0.25, 0.3) is 0 Å². The Morgan fingerprint density at radius 3 is 2.73 bits per heavy atom. The first-order valence-corrected chi connectivity index (χ1v) is 9.75. The fourth-order valence-electron chi connectivity index (χ4n) is 3.89. The molecular formula is C21H29N3O2. The highest BCUT2D eigenvalue weighted by Crippen LogP contribution is 2.23. The number of para-hydroxylation sites is 1. The van der Waals surface area contributed by atoms with Gasteiger partial charge in [-0.15, -0.1) is 0 Å². The van der Waals surface area contributed by atoms with Crippen LogP contribution in [0.3, 0.4) is 0 Å². The maximum atomic E-state index is 12.7. The number of allylic oxidation sites excluding steroid dienone is 2. The van der Waals surface area contributed by atoms with Crippen LogP contribution in [0.25, 0.3) is 0 Å². The molecule has 1 fully saturated rings. The molecule has 3 rings (SSSR count). The number of rotatable bonds is 6. The zero-order chi connectivity index (χ0) is 18.4. The lowest BCUT2D eigenvalue weighted by atomic mass is 9.97. The van der Waals surface area contributed by atoms with Crippen LogP contribution in [-0.2, 0) is 9.59 Å². The summed E-state index contributed by atoms with van der Waals surface area (Å²) in [7, 11) is 0. The van der Waals surface area contributed by atoms with Crippen LogP contribution in [0.5, 0.6) is 0 Å². The Morgan fingerprint density at radius 1 is 1.23 bits per heavy atom. The third-order valence-corrected chi connectivity index (χ3v) is 5.26. The summed E-state index contributed by atoms with van der Waals surface area (Å²) in [6.45, 7) is 4.69. The lowest BCUT2D eigenvalue weighted by Crippen LogP contribution is -2.46. The molecule has 1 saturated heterocycles. The SMILES string of the molecule is CCN(C(=O)CN1CCC[C@H](C(=O)Nc2ccccc2)C1)C1=CCCC1. The van der Waals surface area contributed by atoms with Gasteiger partial charge < -0.3 is 10.2 Å². The molecule has 1 aliphatic heterocycles. The predicted molar refractivity (Wildman–Crippen MR) is 104 cm³/mol. The lowest BCUT2D eigenvalue weighted by molar-refractivity contribution is -0.132. The van der Waals surface area contributed by atoms with E-state index in [4.69, 9.17) is 0 Å². The lowest BCUT2D eigenvalue weighted by Gasteiger charge is -2.33. The fourth-order valence-corrected chi connectivity index (χ4v) is 3.89. The van der Waals surface area contributed by atoms with Crippen LogP contribution in [0.15, 0.2) is 42.1 Å². The molecule has 1 heterocycles. The summed E-state index contributed by atoms with van der Waals surface area (Å²) in [6, 6.07) is 9.56. The summed E-state index contributed by atoms with van der Waals surface area (Å²) in [6.07, 6.45) is 7.24. The quantitative estimate of drug-likeness (QED) is 0.852. The fraction of sp³-hybridized carbons (Fsp3) is 0.524. The van der Waals surface area contributed by atoms with Crippen LogP contribution in [0.1, 0.15) is 39.0 Å². The van der Waals surface area contributed by atoms with Crippen molar-refractivity contribution in [1.29, 1.82) is 0 Å². The average Bonchev–Trinajstić information content (AvgIpc) is 3.17. The van der Waals surface area contributed by atoms with Gasteiger partial charge in [-0.3, -0.25) is 14.5 Å². The molecule has 26 heavy (non-hydrogen) atoms. The molecule has 1 N–H and O–H groups in total. The number of hydrogen-bond acceptors (Lipinski definition) is 3. The van der Waals surface area contributed by atoms with Gasteiger partial charge in [0, 0.05) is 24.5 Å². The summed E-state index contributed by atoms with van der Waals surface area (Å²) in [5, 5.41) is 2.99. The number of likely N-dealkylation sites (tertiary alicyclic amines) is 1. The number of carbonyl (C=O) groups excluding carboxylic acids is 2. The normalized spacial score (nSPS) is 20.5. The van der Waals surface area contributed by atoms with E-state index in [0.29, 0.717) is 13.1 Å². The van der Waals surface area contributed by atoms with Gasteiger partial charge in [0.05, 0.1) is 12.5 Å². The zero-order valence-corrected chi connectivity index (χ0v) is 15.6. The molecule has 0 unspecified atom stereocenters. The van der Waals surface area contributed by atoms with Gasteiger partial charge >= 0.3 is 0 Å². The minimum absolute atomic E-state index is 0.0548. The monoisotopic (exact) mass is 355 g/mol. The van der Waals surface area contributed by atoms with E-state index in [1.54, 1.807) is 0 Å². The predicted octanol–water partition coefficient (Wildman–Crippen LogP) is 3.25. The Bertz CT molecular complexity index is 656. The van der Waals surface area contributed by atoms with Crippen molar-refractivity contribution in [1.82, 2.24) is 9.80 Å². The summed E-state index contributed by atoms with van der Waals surface area (Å²) < 4.78 is 0. The topological polar surface area (TPSA) is 52.7 Å². The van der Waals surface area contributed by atoms with Crippen LogP contribution < -0.4 is 5.32 Å². The summed E-state index contributed by atoms with van der Waals surface area (Å²) in [5.41, 5.74) is 2.00. The minimum Gasteiger partial charge on any atom is -0.326 e. The highest BCUT2D eigenvalue weighted by molar-refractivity contribution is 5.92. The minimum atomic E-state index is -0.0578. The van der Waals surface area contributed by atoms with Gasteiger partial charge in [0.15, 0.2) is 0 Å². The van der Waals surface area contributed by atoms with Gasteiger partial charge in [-0.1, -0.05) is 24.3 Å². The van der Waals surface area contributed by atoms with Crippen LogP contribution in [-0.4, -0.2) is 47.8 Å². The first kappa shape index (κ1) is 18.6. The first-order valence-electron chi connectivity index (χ1n) is 9.75. The van der Waals surface area contributed by atoms with Crippen LogP contribution >= 0.6 is 0 Å². The average molecular weight is 355 g/mol. The second kappa shape index (κ2) is 8.99. The maximum absolute atomic E-state index is 12.7. The number of piperidine rings is 1. The number of benzene rings is 1. The van der Waals surface area contributed by atoms with E-state index in [0.717, 1.165) is 50.9 Å². The Hall–Kier alpha value is -2.14. The number of likely N-dealkylation sites (N-methyl/N-ethyl adjacent to an activating group) is 1. The van der Waals surface area contributed by atoms with E-state index in [9.17, 15) is 9.59 Å². The molecule has 140 valence electrons. The Balaban J connectivity index is 1.54. The molecule has 2 amide bonds. The van der Waals surface area contributed by atoms with Gasteiger partial charge in [0.1, 0.15) is 0 Å². The highest BCUT2D eigenvalue weighted by Gasteiger charge is 2.28. The molecule has 2 aliphatic rings. The van der Waals surface area contributed by atoms with Crippen molar-refractivity contribution < 1.29 is 9.59 Å². The molecule has 1 aromatic carbocycles. The smallest absolute Gasteiger partial charge is 0.240 e. The number of nitrogens with zero attached hydrogens (tertiary/aromatic N) is 2. The van der Waals surface area contributed by atoms with Crippen molar-refractivity contribution in [2.24, 2.45) is 5.92 Å². The summed E-state index contributed by atoms with van der Waals surface area (Å²) in [4.78, 5) is 29.4. The molecule has 0 radical (unpaired) electrons. The van der Waals surface area contributed by atoms with E-state index in [-0.39, 0.29) is 17.7 Å². The molecular weight excluding hydrogens is 326 g/mol. The van der Waals surface area contributed by atoms with Gasteiger partial charge in [-0.25, -0.2) is 0 Å². The van der Waals surface area contributed by atoms with Crippen LogP contribution in [0.2, 0.25) is 0 Å². The molecule has 0 saturated carbocycles. The molecule has 1 atom stereocenters. The van der Waals surface area contributed by atoms with Gasteiger partial charge in [-0.2, -0.15) is 0 Å². The highest BCUT2D eigenvalue weighted by atomic mass is 16.2. The Kier molecular flexibility index (Phi) is 6.45. The van der Waals surface area contributed by atoms with Crippen molar-refractivity contribution in [3.8, 4) is 0 Å². The number of nitrogens with one attached hydrogen (secondary N) is 1. The van der Waals surface area contributed by atoms with Crippen molar-refractivity contribution in [2.75, 3.05) is 31.5 Å². The van der Waals surface area contributed by atoms with E-state index < -0.39 is 0 Å². The molecule has 5 nitrogen and oxygen atoms in total. The third kappa shape index (κ3) is 4.73. The second-order valence-corrected chi connectivity index (χ2v) is 7.16. The van der Waals surface area contributed by atoms with Crippen molar-refractivity contribution >= 4 is 17.5 Å². The number of hydrogen-bond donors (Lipinski definition) is 1. The maximum Gasteiger partial charge on any atom is 0.240 e. The second-order valence-electron chi connectivity index (χ2n) is 7.16. The molecule has 0 aromatic heterocycles. The van der Waals surface area contributed by atoms with Crippen molar-refractivity contribution in [2.45, 2.75) is 39.0 Å². The van der Waals surface area contributed by atoms with Crippen molar-refractivity contribution in [3.05, 3.63) is 42.1 Å². The molecule has 0 bridgehead atoms. The number of amides is 2. The van der Waals surface area contributed by atoms with E-state index in [1.807, 2.05) is 42.2 Å². The summed E-state index contributed by atoms with van der Waals surface area (Å²) in [5.74, 6) is 0.154. The van der Waals surface area contributed by atoms with E-state index in [1.165, 1.54) is 5.70 Å². The number of anilines is 1. The van der Waals surface area contributed by atoms with Crippen LogP contribution in [0, 0.1) is 5.92 Å². The summed E-state index contributed by atoms with van der Waals surface area (Å²) >= 11 is 0. The largest absolute Gasteiger partial charge is 0.326 e. The Labute approximate surface area is 156 Å². The molecule has 1 aliphatic carbocycles. The van der Waals surface area contributed by atoms with Gasteiger partial charge in [0.2, 0.25) is 11.8 Å². The van der Waals surface area contributed by atoms with E-state index in [2.05, 4.69) is 16.3 Å². The van der Waals surface area contributed by atoms with Crippen molar-refractivity contribution in [3.63, 3.8) is 0 Å². The third-order valence-electron chi connectivity index (χ3n) is 5.26. The molecule has 1 aromatic rings. The van der Waals surface area contributed by atoms with Crippen LogP contribution in [0.4, 0.5) is 5.69 Å². The van der Waals surface area contributed by atoms with Gasteiger partial charge in [-0.05, 0) is 57.7 Å². The standard InChI is InChI=1S/C21H29N3O2/c1-2-24(19-12-6-7-13-19)20(25)16-23-14-8-9-17(15-23)21(26)22-18-10-4-3-5-11-18/h3-5,10-12,17H,2,6-9,13-16H2,1H3,(H,22,26)/t17-/m0/s1. The van der Waals surface area contributed by atoms with E-state index >= 15 is 0 Å².